The summed E-state index contributed by atoms with van der Waals surface area (Å²) in [5.41, 5.74) is 6.85. The maximum atomic E-state index is 5.67. The average molecular weight is 287 g/mol. The second-order valence-electron chi connectivity index (χ2n) is 4.62. The number of anilines is 3. The van der Waals surface area contributed by atoms with E-state index in [1.165, 1.54) is 5.56 Å². The first-order valence-corrected chi connectivity index (χ1v) is 6.99. The first-order valence-electron chi connectivity index (χ1n) is 6.99. The summed E-state index contributed by atoms with van der Waals surface area (Å²) >= 11 is 0. The monoisotopic (exact) mass is 287 g/mol. The number of benzene rings is 1. The third-order valence-corrected chi connectivity index (χ3v) is 2.77. The number of aryl methyl sites for hydroxylation is 1. The molecule has 0 amide bonds. The van der Waals surface area contributed by atoms with Gasteiger partial charge in [0.15, 0.2) is 0 Å². The van der Waals surface area contributed by atoms with Gasteiger partial charge < -0.3 is 21.1 Å². The predicted molar refractivity (Wildman–Crippen MR) is 85.8 cm³/mol. The molecule has 1 aromatic heterocycles. The smallest absolute Gasteiger partial charge is 0.223 e. The fourth-order valence-electron chi connectivity index (χ4n) is 1.88. The molecule has 0 saturated heterocycles. The van der Waals surface area contributed by atoms with Crippen LogP contribution in [0.3, 0.4) is 0 Å². The lowest BCUT2D eigenvalue weighted by molar-refractivity contribution is 0.332. The Hall–Kier alpha value is -2.50. The summed E-state index contributed by atoms with van der Waals surface area (Å²) in [6.45, 7) is 6.00. The number of nitrogens with zero attached hydrogens (tertiary/aromatic N) is 2. The van der Waals surface area contributed by atoms with Crippen molar-refractivity contribution in [3.8, 4) is 5.75 Å². The summed E-state index contributed by atoms with van der Waals surface area (Å²) in [7, 11) is 0. The third-order valence-electron chi connectivity index (χ3n) is 2.77. The molecule has 112 valence electrons. The van der Waals surface area contributed by atoms with Gasteiger partial charge >= 0.3 is 0 Å². The predicted octanol–water partition coefficient (Wildman–Crippen LogP) is 2.29. The van der Waals surface area contributed by atoms with Crippen molar-refractivity contribution < 1.29 is 4.74 Å². The second-order valence-corrected chi connectivity index (χ2v) is 4.62. The highest BCUT2D eigenvalue weighted by atomic mass is 16.5. The van der Waals surface area contributed by atoms with E-state index in [-0.39, 0.29) is 5.95 Å². The van der Waals surface area contributed by atoms with Crippen LogP contribution in [-0.2, 0) is 0 Å². The maximum absolute atomic E-state index is 5.67. The van der Waals surface area contributed by atoms with Crippen LogP contribution in [-0.4, -0.2) is 29.7 Å². The number of aromatic nitrogens is 2. The van der Waals surface area contributed by atoms with Gasteiger partial charge in [0.05, 0.1) is 6.54 Å². The highest BCUT2D eigenvalue weighted by Gasteiger charge is 2.01. The SMILES string of the molecule is CCNc1cc(NCCOc2cccc(C)c2)nc(N)n1. The first kappa shape index (κ1) is 14.9. The van der Waals surface area contributed by atoms with E-state index in [0.717, 1.165) is 12.3 Å². The molecule has 1 heterocycles. The number of nitrogen functional groups attached to an aromatic ring is 1. The van der Waals surface area contributed by atoms with Gasteiger partial charge in [-0.15, -0.1) is 0 Å². The van der Waals surface area contributed by atoms with E-state index >= 15 is 0 Å². The molecular formula is C15H21N5O. The van der Waals surface area contributed by atoms with Gasteiger partial charge in [0.2, 0.25) is 5.95 Å². The molecule has 0 saturated carbocycles. The zero-order valence-electron chi connectivity index (χ0n) is 12.4. The van der Waals surface area contributed by atoms with Crippen molar-refractivity contribution in [2.45, 2.75) is 13.8 Å². The Kier molecular flexibility index (Phi) is 5.20. The minimum atomic E-state index is 0.246. The maximum Gasteiger partial charge on any atom is 0.223 e. The van der Waals surface area contributed by atoms with Crippen LogP contribution in [0.15, 0.2) is 30.3 Å². The Morgan fingerprint density at radius 3 is 2.62 bits per heavy atom. The lowest BCUT2D eigenvalue weighted by atomic mass is 10.2. The van der Waals surface area contributed by atoms with E-state index in [9.17, 15) is 0 Å². The van der Waals surface area contributed by atoms with Crippen LogP contribution >= 0.6 is 0 Å². The molecule has 2 aromatic rings. The number of hydrogen-bond donors (Lipinski definition) is 3. The summed E-state index contributed by atoms with van der Waals surface area (Å²) < 4.78 is 5.66. The van der Waals surface area contributed by atoms with Crippen LogP contribution in [0.25, 0.3) is 0 Å². The van der Waals surface area contributed by atoms with Crippen LogP contribution in [0.4, 0.5) is 17.6 Å². The molecular weight excluding hydrogens is 266 g/mol. The van der Waals surface area contributed by atoms with E-state index in [4.69, 9.17) is 10.5 Å². The molecule has 0 unspecified atom stereocenters. The Labute approximate surface area is 124 Å². The van der Waals surface area contributed by atoms with Crippen LogP contribution < -0.4 is 21.1 Å². The van der Waals surface area contributed by atoms with Crippen LogP contribution in [0.5, 0.6) is 5.75 Å². The summed E-state index contributed by atoms with van der Waals surface area (Å²) in [5.74, 6) is 2.52. The van der Waals surface area contributed by atoms with Gasteiger partial charge in [-0.3, -0.25) is 0 Å². The zero-order valence-corrected chi connectivity index (χ0v) is 12.4. The molecule has 0 aliphatic rings. The Balaban J connectivity index is 1.83. The Bertz CT molecular complexity index is 588. The summed E-state index contributed by atoms with van der Waals surface area (Å²) in [6, 6.07) is 9.79. The minimum Gasteiger partial charge on any atom is -0.492 e. The molecule has 2 rings (SSSR count). The van der Waals surface area contributed by atoms with E-state index in [0.29, 0.717) is 24.8 Å². The molecule has 0 spiro atoms. The molecule has 4 N–H and O–H groups in total. The fraction of sp³-hybridized carbons (Fsp3) is 0.333. The Morgan fingerprint density at radius 2 is 1.90 bits per heavy atom. The molecule has 0 fully saturated rings. The number of nitrogens with two attached hydrogens (primary N) is 1. The van der Waals surface area contributed by atoms with E-state index in [1.54, 1.807) is 0 Å². The van der Waals surface area contributed by atoms with Crippen LogP contribution in [0.2, 0.25) is 0 Å². The van der Waals surface area contributed by atoms with Crippen molar-refractivity contribution >= 4 is 17.6 Å². The van der Waals surface area contributed by atoms with Gasteiger partial charge in [0.25, 0.3) is 0 Å². The molecule has 0 atom stereocenters. The van der Waals surface area contributed by atoms with Crippen molar-refractivity contribution in [3.63, 3.8) is 0 Å². The summed E-state index contributed by atoms with van der Waals surface area (Å²) in [4.78, 5) is 8.23. The Morgan fingerprint density at radius 1 is 1.14 bits per heavy atom. The molecule has 0 radical (unpaired) electrons. The molecule has 6 heteroatoms. The molecule has 1 aromatic carbocycles. The highest BCUT2D eigenvalue weighted by molar-refractivity contribution is 5.50. The van der Waals surface area contributed by atoms with Crippen molar-refractivity contribution in [1.82, 2.24) is 9.97 Å². The van der Waals surface area contributed by atoms with Gasteiger partial charge in [-0.05, 0) is 31.5 Å². The second kappa shape index (κ2) is 7.33. The normalized spacial score (nSPS) is 10.2. The summed E-state index contributed by atoms with van der Waals surface area (Å²) in [6.07, 6.45) is 0. The zero-order chi connectivity index (χ0) is 15.1. The minimum absolute atomic E-state index is 0.246. The van der Waals surface area contributed by atoms with Crippen LogP contribution in [0, 0.1) is 6.92 Å². The van der Waals surface area contributed by atoms with Gasteiger partial charge in [-0.25, -0.2) is 0 Å². The quantitative estimate of drug-likeness (QED) is 0.677. The topological polar surface area (TPSA) is 85.1 Å². The molecule has 21 heavy (non-hydrogen) atoms. The highest BCUT2D eigenvalue weighted by Crippen LogP contribution is 2.13. The molecule has 0 aliphatic carbocycles. The van der Waals surface area contributed by atoms with Crippen molar-refractivity contribution in [1.29, 1.82) is 0 Å². The average Bonchev–Trinajstić information content (AvgIpc) is 2.43. The summed E-state index contributed by atoms with van der Waals surface area (Å²) in [5, 5.41) is 6.28. The number of nitrogens with one attached hydrogen (secondary N) is 2. The number of ether oxygens (including phenoxy) is 1. The van der Waals surface area contributed by atoms with E-state index in [2.05, 4.69) is 20.6 Å². The standard InChI is InChI=1S/C15H21N5O/c1-3-17-13-10-14(20-15(16)19-13)18-7-8-21-12-6-4-5-11(2)9-12/h4-6,9-10H,3,7-8H2,1-2H3,(H4,16,17,18,19,20). The molecule has 0 aliphatic heterocycles. The lowest BCUT2D eigenvalue weighted by Gasteiger charge is -2.10. The van der Waals surface area contributed by atoms with E-state index in [1.807, 2.05) is 44.2 Å². The van der Waals surface area contributed by atoms with Gasteiger partial charge in [0, 0.05) is 12.6 Å². The van der Waals surface area contributed by atoms with Crippen molar-refractivity contribution in [2.24, 2.45) is 0 Å². The third kappa shape index (κ3) is 4.83. The molecule has 0 bridgehead atoms. The first-order chi connectivity index (χ1) is 10.2. The van der Waals surface area contributed by atoms with Gasteiger partial charge in [0.1, 0.15) is 24.0 Å². The largest absolute Gasteiger partial charge is 0.492 e. The number of rotatable bonds is 7. The van der Waals surface area contributed by atoms with Crippen molar-refractivity contribution in [3.05, 3.63) is 35.9 Å². The molecule has 6 nitrogen and oxygen atoms in total. The van der Waals surface area contributed by atoms with Crippen LogP contribution in [0.1, 0.15) is 12.5 Å². The number of hydrogen-bond acceptors (Lipinski definition) is 6. The lowest BCUT2D eigenvalue weighted by Crippen LogP contribution is -2.14. The van der Waals surface area contributed by atoms with Crippen molar-refractivity contribution in [2.75, 3.05) is 36.1 Å². The van der Waals surface area contributed by atoms with E-state index < -0.39 is 0 Å². The van der Waals surface area contributed by atoms with Gasteiger partial charge in [-0.2, -0.15) is 9.97 Å². The van der Waals surface area contributed by atoms with Gasteiger partial charge in [-0.1, -0.05) is 12.1 Å². The fourth-order valence-corrected chi connectivity index (χ4v) is 1.88.